The van der Waals surface area contributed by atoms with Crippen molar-refractivity contribution in [2.45, 2.75) is 30.8 Å². The van der Waals surface area contributed by atoms with Gasteiger partial charge in [0.25, 0.3) is 21.8 Å². The number of benzene rings is 3. The third kappa shape index (κ3) is 8.05. The second kappa shape index (κ2) is 14.0. The van der Waals surface area contributed by atoms with E-state index >= 15 is 0 Å². The third-order valence-electron chi connectivity index (χ3n) is 7.16. The Morgan fingerprint density at radius 1 is 0.894 bits per heavy atom. The summed E-state index contributed by atoms with van der Waals surface area (Å²) >= 11 is 6.22. The molecule has 2 amide bonds. The summed E-state index contributed by atoms with van der Waals surface area (Å²) in [6.45, 7) is 3.46. The first-order valence-electron chi connectivity index (χ1n) is 14.4. The topological polar surface area (TPSA) is 137 Å². The van der Waals surface area contributed by atoms with Crippen molar-refractivity contribution in [3.8, 4) is 0 Å². The lowest BCUT2D eigenvalue weighted by atomic mass is 10.1. The Morgan fingerprint density at radius 2 is 1.57 bits per heavy atom. The quantitative estimate of drug-likeness (QED) is 0.174. The first-order chi connectivity index (χ1) is 22.3. The fourth-order valence-corrected chi connectivity index (χ4v) is 6.68. The van der Waals surface area contributed by atoms with E-state index in [9.17, 15) is 31.2 Å². The summed E-state index contributed by atoms with van der Waals surface area (Å²) in [5, 5.41) is 9.92. The molecule has 0 radical (unpaired) electrons. The summed E-state index contributed by atoms with van der Waals surface area (Å²) in [5.74, 6) is -1.33. The van der Waals surface area contributed by atoms with Gasteiger partial charge in [0.1, 0.15) is 0 Å². The van der Waals surface area contributed by atoms with E-state index in [1.165, 1.54) is 53.2 Å². The van der Waals surface area contributed by atoms with Gasteiger partial charge in [-0.25, -0.2) is 23.4 Å². The molecular weight excluding hydrogens is 659 g/mol. The third-order valence-corrected chi connectivity index (χ3v) is 9.39. The van der Waals surface area contributed by atoms with Crippen molar-refractivity contribution in [2.24, 2.45) is 0 Å². The van der Waals surface area contributed by atoms with Gasteiger partial charge in [0.15, 0.2) is 0 Å². The van der Waals surface area contributed by atoms with Crippen molar-refractivity contribution < 1.29 is 31.2 Å². The maximum atomic E-state index is 13.3. The number of hydrogen-bond acceptors (Lipinski definition) is 8. The Morgan fingerprint density at radius 3 is 2.26 bits per heavy atom. The Kier molecular flexibility index (Phi) is 10.1. The zero-order valence-electron chi connectivity index (χ0n) is 24.9. The first kappa shape index (κ1) is 33.8. The van der Waals surface area contributed by atoms with E-state index in [2.05, 4.69) is 25.9 Å². The molecule has 0 unspecified atom stereocenters. The Bertz CT molecular complexity index is 1890. The average Bonchev–Trinajstić information content (AvgIpc) is 3.57. The number of amides is 2. The highest BCUT2D eigenvalue weighted by Gasteiger charge is 2.32. The van der Waals surface area contributed by atoms with Crippen molar-refractivity contribution in [1.82, 2.24) is 19.4 Å². The smallest absolute Gasteiger partial charge is 0.324 e. The van der Waals surface area contributed by atoms with Gasteiger partial charge in [-0.15, -0.1) is 4.41 Å². The highest BCUT2D eigenvalue weighted by molar-refractivity contribution is 7.89. The highest BCUT2D eigenvalue weighted by atomic mass is 35.5. The van der Waals surface area contributed by atoms with Crippen molar-refractivity contribution in [1.29, 1.82) is 0 Å². The number of aromatic nitrogens is 2. The maximum absolute atomic E-state index is 13.3. The summed E-state index contributed by atoms with van der Waals surface area (Å²) in [5.41, 5.74) is -0.438. The number of anilines is 4. The predicted octanol–water partition coefficient (Wildman–Crippen LogP) is 6.42. The predicted molar refractivity (Wildman–Crippen MR) is 171 cm³/mol. The van der Waals surface area contributed by atoms with Crippen LogP contribution in [0.1, 0.15) is 46.0 Å². The van der Waals surface area contributed by atoms with Gasteiger partial charge < -0.3 is 16.0 Å². The van der Waals surface area contributed by atoms with Crippen molar-refractivity contribution in [3.05, 3.63) is 101 Å². The number of carbonyl (C=O) groups excluding carboxylic acids is 2. The van der Waals surface area contributed by atoms with Crippen LogP contribution in [0.15, 0.2) is 84.0 Å². The Hall–Kier alpha value is -4.57. The number of hydrazine groups is 1. The first-order valence-corrected chi connectivity index (χ1v) is 16.2. The van der Waals surface area contributed by atoms with E-state index in [0.29, 0.717) is 25.3 Å². The maximum Gasteiger partial charge on any atom is 0.416 e. The molecule has 0 bridgehead atoms. The van der Waals surface area contributed by atoms with Crippen LogP contribution in [0, 0.1) is 0 Å². The molecule has 0 saturated carbocycles. The lowest BCUT2D eigenvalue weighted by Crippen LogP contribution is -2.44. The van der Waals surface area contributed by atoms with Crippen LogP contribution in [-0.2, 0) is 16.2 Å². The molecule has 1 fully saturated rings. The summed E-state index contributed by atoms with van der Waals surface area (Å²) in [6, 6.07) is 14.3. The standard InChI is InChI=1S/C31H29ClF3N7O4S/c1-2-42(41-13-3-4-14-41)47(45,46)25-10-6-9-22(16-25)40-30-36-18-24(19-37-30)39-29(44)26-17-23(11-12-27(26)32)38-28(43)20-7-5-8-21(15-20)31(33,34)35/h5-12,15-19H,2-4,13-14H2,1H3,(H,38,43)(H,39,44)(H,36,37,40). The number of carbonyl (C=O) groups is 2. The fourth-order valence-electron chi connectivity index (χ4n) is 4.90. The molecule has 2 heterocycles. The second-order valence-electron chi connectivity index (χ2n) is 10.4. The van der Waals surface area contributed by atoms with Crippen molar-refractivity contribution in [2.75, 3.05) is 35.6 Å². The molecule has 47 heavy (non-hydrogen) atoms. The van der Waals surface area contributed by atoms with Crippen molar-refractivity contribution in [3.63, 3.8) is 0 Å². The van der Waals surface area contributed by atoms with E-state index in [-0.39, 0.29) is 38.4 Å². The minimum Gasteiger partial charge on any atom is -0.324 e. The van der Waals surface area contributed by atoms with Crippen LogP contribution in [0.25, 0.3) is 0 Å². The average molecular weight is 688 g/mol. The van der Waals surface area contributed by atoms with Gasteiger partial charge in [0.2, 0.25) is 5.95 Å². The van der Waals surface area contributed by atoms with Gasteiger partial charge in [-0.2, -0.15) is 13.2 Å². The van der Waals surface area contributed by atoms with Crippen LogP contribution >= 0.6 is 11.6 Å². The number of alkyl halides is 3. The van der Waals surface area contributed by atoms with Crippen molar-refractivity contribution >= 4 is 56.4 Å². The minimum absolute atomic E-state index is 0.0243. The molecular formula is C31H29ClF3N7O4S. The van der Waals surface area contributed by atoms with E-state index in [1.54, 1.807) is 19.1 Å². The van der Waals surface area contributed by atoms with Gasteiger partial charge in [-0.05, 0) is 74.4 Å². The molecule has 0 spiro atoms. The van der Waals surface area contributed by atoms with E-state index in [4.69, 9.17) is 11.6 Å². The molecule has 5 rings (SSSR count). The zero-order valence-corrected chi connectivity index (χ0v) is 26.5. The molecule has 4 aromatic rings. The number of nitrogens with zero attached hydrogens (tertiary/aromatic N) is 4. The largest absolute Gasteiger partial charge is 0.416 e. The molecule has 11 nitrogen and oxygen atoms in total. The normalized spacial score (nSPS) is 13.8. The molecule has 1 aliphatic heterocycles. The number of nitrogens with one attached hydrogen (secondary N) is 3. The van der Waals surface area contributed by atoms with E-state index < -0.39 is 33.6 Å². The number of hydrogen-bond donors (Lipinski definition) is 3. The summed E-state index contributed by atoms with van der Waals surface area (Å²) < 4.78 is 67.2. The van der Waals surface area contributed by atoms with Gasteiger partial charge in [0.05, 0.1) is 39.1 Å². The lowest BCUT2D eigenvalue weighted by Gasteiger charge is -2.29. The number of sulfonamides is 1. The zero-order chi connectivity index (χ0) is 33.8. The molecule has 0 aliphatic carbocycles. The molecule has 1 aliphatic rings. The molecule has 246 valence electrons. The van der Waals surface area contributed by atoms with Gasteiger partial charge in [-0.1, -0.05) is 23.7 Å². The summed E-state index contributed by atoms with van der Waals surface area (Å²) in [7, 11) is -3.77. The van der Waals surface area contributed by atoms with Crippen LogP contribution < -0.4 is 16.0 Å². The SMILES string of the molecule is CCN(N1CCCC1)S(=O)(=O)c1cccc(Nc2ncc(NC(=O)c3cc(NC(=O)c4cccc(C(F)(F)F)c4)ccc3Cl)cn2)c1. The van der Waals surface area contributed by atoms with Gasteiger partial charge in [-0.3, -0.25) is 9.59 Å². The van der Waals surface area contributed by atoms with E-state index in [1.807, 2.05) is 5.01 Å². The van der Waals surface area contributed by atoms with Crippen LogP contribution in [0.3, 0.4) is 0 Å². The van der Waals surface area contributed by atoms with E-state index in [0.717, 1.165) is 31.0 Å². The van der Waals surface area contributed by atoms with Crippen LogP contribution in [-0.4, -0.2) is 59.3 Å². The summed E-state index contributed by atoms with van der Waals surface area (Å²) in [6.07, 6.45) is -0.0883. The molecule has 16 heteroatoms. The molecule has 3 aromatic carbocycles. The minimum atomic E-state index is -4.61. The Labute approximate surface area is 273 Å². The molecule has 1 aromatic heterocycles. The van der Waals surface area contributed by atoms with Crippen LogP contribution in [0.2, 0.25) is 5.02 Å². The highest BCUT2D eigenvalue weighted by Crippen LogP contribution is 2.30. The van der Waals surface area contributed by atoms with Gasteiger partial charge >= 0.3 is 6.18 Å². The molecule has 1 saturated heterocycles. The lowest BCUT2D eigenvalue weighted by molar-refractivity contribution is -0.137. The van der Waals surface area contributed by atoms with Crippen LogP contribution in [0.5, 0.6) is 0 Å². The fraction of sp³-hybridized carbons (Fsp3) is 0.226. The summed E-state index contributed by atoms with van der Waals surface area (Å²) in [4.78, 5) is 34.1. The number of halogens is 4. The van der Waals surface area contributed by atoms with Gasteiger partial charge in [0, 0.05) is 36.6 Å². The molecule has 0 atom stereocenters. The number of rotatable bonds is 10. The molecule has 3 N–H and O–H groups in total. The Balaban J connectivity index is 1.24. The second-order valence-corrected chi connectivity index (χ2v) is 12.7. The monoisotopic (exact) mass is 687 g/mol. The van der Waals surface area contributed by atoms with Crippen LogP contribution in [0.4, 0.5) is 36.2 Å².